The minimum Gasteiger partial charge on any atom is -0.462 e. The topological polar surface area (TPSA) is 99.4 Å². The molecule has 0 bridgehead atoms. The molecule has 1 aromatic heterocycles. The number of carbonyl (C=O) groups is 1. The highest BCUT2D eigenvalue weighted by atomic mass is 16.5. The van der Waals surface area contributed by atoms with Crippen molar-refractivity contribution in [3.63, 3.8) is 0 Å². The van der Waals surface area contributed by atoms with Crippen LogP contribution in [0.15, 0.2) is 6.20 Å². The van der Waals surface area contributed by atoms with Crippen LogP contribution < -0.4 is 11.1 Å². The molecule has 2 fully saturated rings. The maximum absolute atomic E-state index is 11.7. The Bertz CT molecular complexity index is 551. The molecule has 1 aliphatic carbocycles. The third-order valence-electron chi connectivity index (χ3n) is 4.22. The van der Waals surface area contributed by atoms with Gasteiger partial charge >= 0.3 is 5.97 Å². The smallest absolute Gasteiger partial charge is 0.341 e. The third kappa shape index (κ3) is 2.47. The summed E-state index contributed by atoms with van der Waals surface area (Å²) in [5, 5.41) is 3.21. The van der Waals surface area contributed by atoms with Crippen molar-refractivity contribution < 1.29 is 14.3 Å². The minimum atomic E-state index is -0.402. The first-order chi connectivity index (χ1) is 10.1. The molecule has 3 rings (SSSR count). The van der Waals surface area contributed by atoms with E-state index in [1.807, 2.05) is 0 Å². The van der Waals surface area contributed by atoms with Crippen molar-refractivity contribution in [2.45, 2.75) is 38.5 Å². The average Bonchev–Trinajstić information content (AvgIpc) is 2.90. The third-order valence-corrected chi connectivity index (χ3v) is 4.22. The fraction of sp³-hybridized carbons (Fsp3) is 0.643. The molecule has 1 aromatic rings. The first kappa shape index (κ1) is 14.2. The second-order valence-electron chi connectivity index (χ2n) is 5.45. The van der Waals surface area contributed by atoms with Crippen LogP contribution in [0.2, 0.25) is 0 Å². The molecule has 2 heterocycles. The van der Waals surface area contributed by atoms with E-state index in [2.05, 4.69) is 15.3 Å². The maximum atomic E-state index is 11.7. The van der Waals surface area contributed by atoms with Crippen molar-refractivity contribution in [1.29, 1.82) is 0 Å². The lowest BCUT2D eigenvalue weighted by Gasteiger charge is -2.45. The number of nitrogens with zero attached hydrogens (tertiary/aromatic N) is 2. The standard InChI is InChI=1S/C14H20N4O3/c1-3-20-13(19)9-6-16-14(17-7(9)2)18-11-10(15)8-4-5-21-12(8)11/h6,8,10-12H,3-5,15H2,1-2H3,(H,16,17,18). The molecule has 114 valence electrons. The molecule has 1 aliphatic heterocycles. The summed E-state index contributed by atoms with van der Waals surface area (Å²) in [6.07, 6.45) is 2.65. The van der Waals surface area contributed by atoms with Crippen LogP contribution in [0.3, 0.4) is 0 Å². The predicted octanol–water partition coefficient (Wildman–Crippen LogP) is 0.488. The predicted molar refractivity (Wildman–Crippen MR) is 76.0 cm³/mol. The van der Waals surface area contributed by atoms with Gasteiger partial charge in [-0.3, -0.25) is 0 Å². The number of fused-ring (bicyclic) bond motifs is 1. The highest BCUT2D eigenvalue weighted by Crippen LogP contribution is 2.38. The number of rotatable bonds is 4. The number of esters is 1. The second-order valence-corrected chi connectivity index (χ2v) is 5.45. The number of anilines is 1. The molecule has 4 atom stereocenters. The van der Waals surface area contributed by atoms with Crippen molar-refractivity contribution in [1.82, 2.24) is 9.97 Å². The van der Waals surface area contributed by atoms with Gasteiger partial charge in [-0.25, -0.2) is 14.8 Å². The number of nitrogens with one attached hydrogen (secondary N) is 1. The lowest BCUT2D eigenvalue weighted by Crippen LogP contribution is -2.65. The number of aryl methyl sites for hydroxylation is 1. The molecule has 0 amide bonds. The Morgan fingerprint density at radius 3 is 3.14 bits per heavy atom. The van der Waals surface area contributed by atoms with Crippen LogP contribution in [-0.4, -0.2) is 47.3 Å². The van der Waals surface area contributed by atoms with E-state index in [1.54, 1.807) is 13.8 Å². The highest BCUT2D eigenvalue weighted by Gasteiger charge is 2.52. The van der Waals surface area contributed by atoms with Crippen LogP contribution in [0.1, 0.15) is 29.4 Å². The van der Waals surface area contributed by atoms with Gasteiger partial charge in [0.1, 0.15) is 0 Å². The number of hydrogen-bond donors (Lipinski definition) is 2. The van der Waals surface area contributed by atoms with Crippen molar-refractivity contribution in [3.8, 4) is 0 Å². The molecule has 1 saturated carbocycles. The van der Waals surface area contributed by atoms with Crippen LogP contribution in [0.5, 0.6) is 0 Å². The van der Waals surface area contributed by atoms with Crippen molar-refractivity contribution in [2.24, 2.45) is 11.7 Å². The second kappa shape index (κ2) is 5.57. The Kier molecular flexibility index (Phi) is 3.77. The Balaban J connectivity index is 1.69. The summed E-state index contributed by atoms with van der Waals surface area (Å²) < 4.78 is 10.6. The van der Waals surface area contributed by atoms with Crippen LogP contribution in [0.25, 0.3) is 0 Å². The molecule has 2 aliphatic rings. The summed E-state index contributed by atoms with van der Waals surface area (Å²) in [6, 6.07) is 0.0940. The Hall–Kier alpha value is -1.73. The van der Waals surface area contributed by atoms with E-state index in [1.165, 1.54) is 6.20 Å². The van der Waals surface area contributed by atoms with Crippen LogP contribution in [0, 0.1) is 12.8 Å². The lowest BCUT2D eigenvalue weighted by molar-refractivity contribution is 0.00507. The largest absolute Gasteiger partial charge is 0.462 e. The van der Waals surface area contributed by atoms with Gasteiger partial charge in [-0.1, -0.05) is 0 Å². The molecular formula is C14H20N4O3. The summed E-state index contributed by atoms with van der Waals surface area (Å²) >= 11 is 0. The molecular weight excluding hydrogens is 272 g/mol. The molecule has 0 aromatic carbocycles. The Morgan fingerprint density at radius 1 is 1.62 bits per heavy atom. The number of ether oxygens (including phenoxy) is 2. The zero-order chi connectivity index (χ0) is 15.0. The summed E-state index contributed by atoms with van der Waals surface area (Å²) in [5.41, 5.74) is 7.11. The fourth-order valence-corrected chi connectivity index (χ4v) is 3.02. The summed E-state index contributed by atoms with van der Waals surface area (Å²) in [4.78, 5) is 20.2. The van der Waals surface area contributed by atoms with Gasteiger partial charge in [0.25, 0.3) is 0 Å². The van der Waals surface area contributed by atoms with E-state index in [0.717, 1.165) is 13.0 Å². The highest BCUT2D eigenvalue weighted by molar-refractivity contribution is 5.90. The first-order valence-corrected chi connectivity index (χ1v) is 7.26. The summed E-state index contributed by atoms with van der Waals surface area (Å²) in [5.74, 6) is 0.499. The zero-order valence-electron chi connectivity index (χ0n) is 12.2. The number of nitrogens with two attached hydrogens (primary N) is 1. The maximum Gasteiger partial charge on any atom is 0.341 e. The molecule has 0 spiro atoms. The van der Waals surface area contributed by atoms with E-state index >= 15 is 0 Å². The Morgan fingerprint density at radius 2 is 2.43 bits per heavy atom. The van der Waals surface area contributed by atoms with Gasteiger partial charge in [-0.15, -0.1) is 0 Å². The van der Waals surface area contributed by atoms with E-state index in [9.17, 15) is 4.79 Å². The van der Waals surface area contributed by atoms with Crippen molar-refractivity contribution in [2.75, 3.05) is 18.5 Å². The number of hydrogen-bond acceptors (Lipinski definition) is 7. The van der Waals surface area contributed by atoms with Crippen molar-refractivity contribution >= 4 is 11.9 Å². The molecule has 4 unspecified atom stereocenters. The summed E-state index contributed by atoms with van der Waals surface area (Å²) in [6.45, 7) is 4.62. The van der Waals surface area contributed by atoms with Gasteiger partial charge in [0.2, 0.25) is 5.95 Å². The van der Waals surface area contributed by atoms with Gasteiger partial charge in [0.05, 0.1) is 30.0 Å². The molecule has 7 heteroatoms. The van der Waals surface area contributed by atoms with E-state index in [-0.39, 0.29) is 18.2 Å². The number of aromatic nitrogens is 2. The Labute approximate surface area is 123 Å². The molecule has 1 saturated heterocycles. The van der Waals surface area contributed by atoms with Crippen LogP contribution in [0.4, 0.5) is 5.95 Å². The van der Waals surface area contributed by atoms with Gasteiger partial charge in [0.15, 0.2) is 0 Å². The minimum absolute atomic E-state index is 0.0327. The van der Waals surface area contributed by atoms with Gasteiger partial charge in [-0.2, -0.15) is 0 Å². The van der Waals surface area contributed by atoms with Crippen LogP contribution in [-0.2, 0) is 9.47 Å². The number of carbonyl (C=O) groups excluding carboxylic acids is 1. The van der Waals surface area contributed by atoms with Gasteiger partial charge < -0.3 is 20.5 Å². The molecule has 3 N–H and O–H groups in total. The molecule has 7 nitrogen and oxygen atoms in total. The molecule has 0 radical (unpaired) electrons. The average molecular weight is 292 g/mol. The monoisotopic (exact) mass is 292 g/mol. The quantitative estimate of drug-likeness (QED) is 0.779. The fourth-order valence-electron chi connectivity index (χ4n) is 3.02. The SMILES string of the molecule is CCOC(=O)c1cnc(NC2C(N)C3CCOC32)nc1C. The van der Waals surface area contributed by atoms with Crippen molar-refractivity contribution in [3.05, 3.63) is 17.5 Å². The van der Waals surface area contributed by atoms with Crippen LogP contribution >= 0.6 is 0 Å². The van der Waals surface area contributed by atoms with E-state index in [4.69, 9.17) is 15.2 Å². The van der Waals surface area contributed by atoms with E-state index in [0.29, 0.717) is 29.7 Å². The summed E-state index contributed by atoms with van der Waals surface area (Å²) in [7, 11) is 0. The first-order valence-electron chi connectivity index (χ1n) is 7.26. The van der Waals surface area contributed by atoms with Gasteiger partial charge in [-0.05, 0) is 20.3 Å². The van der Waals surface area contributed by atoms with E-state index < -0.39 is 5.97 Å². The van der Waals surface area contributed by atoms with Gasteiger partial charge in [0, 0.05) is 24.8 Å². The normalized spacial score (nSPS) is 30.4. The molecule has 21 heavy (non-hydrogen) atoms. The zero-order valence-corrected chi connectivity index (χ0v) is 12.2. The lowest BCUT2D eigenvalue weighted by atomic mass is 9.72.